The fourth-order valence-corrected chi connectivity index (χ4v) is 3.02. The molecule has 0 atom stereocenters. The van der Waals surface area contributed by atoms with Crippen LogP contribution in [0.4, 0.5) is 0 Å². The SMILES string of the molecule is Cn1c(=O)c(C(=O)NCCC2=CCCCC2)cc2cccnc21. The van der Waals surface area contributed by atoms with Gasteiger partial charge in [0.15, 0.2) is 0 Å². The van der Waals surface area contributed by atoms with Crippen molar-refractivity contribution in [3.8, 4) is 0 Å². The molecule has 120 valence electrons. The first-order chi connectivity index (χ1) is 11.2. The summed E-state index contributed by atoms with van der Waals surface area (Å²) in [6, 6.07) is 5.27. The number of rotatable bonds is 4. The molecule has 2 heterocycles. The molecule has 5 heteroatoms. The van der Waals surface area contributed by atoms with E-state index < -0.39 is 0 Å². The Hall–Kier alpha value is -2.43. The molecule has 0 spiro atoms. The van der Waals surface area contributed by atoms with E-state index >= 15 is 0 Å². The van der Waals surface area contributed by atoms with Crippen LogP contribution in [0.25, 0.3) is 11.0 Å². The number of pyridine rings is 2. The summed E-state index contributed by atoms with van der Waals surface area (Å²) in [7, 11) is 1.64. The zero-order valence-corrected chi connectivity index (χ0v) is 13.3. The number of allylic oxidation sites excluding steroid dienone is 1. The van der Waals surface area contributed by atoms with E-state index in [9.17, 15) is 9.59 Å². The van der Waals surface area contributed by atoms with Crippen molar-refractivity contribution >= 4 is 16.9 Å². The molecular weight excluding hydrogens is 290 g/mol. The predicted molar refractivity (Wildman–Crippen MR) is 90.5 cm³/mol. The van der Waals surface area contributed by atoms with Crippen molar-refractivity contribution in [3.05, 3.63) is 52.0 Å². The van der Waals surface area contributed by atoms with Crippen molar-refractivity contribution in [2.45, 2.75) is 32.1 Å². The minimum Gasteiger partial charge on any atom is -0.352 e. The number of hydrogen-bond acceptors (Lipinski definition) is 3. The lowest BCUT2D eigenvalue weighted by atomic mass is 9.97. The van der Waals surface area contributed by atoms with Crippen LogP contribution in [0.15, 0.2) is 40.8 Å². The second-order valence-electron chi connectivity index (χ2n) is 5.95. The second-order valence-corrected chi connectivity index (χ2v) is 5.95. The molecule has 0 bridgehead atoms. The molecule has 1 aliphatic rings. The Kier molecular flexibility index (Phi) is 4.55. The Labute approximate surface area is 135 Å². The fourth-order valence-electron chi connectivity index (χ4n) is 3.02. The lowest BCUT2D eigenvalue weighted by molar-refractivity contribution is 0.0952. The van der Waals surface area contributed by atoms with Gasteiger partial charge in [0.25, 0.3) is 11.5 Å². The highest BCUT2D eigenvalue weighted by Gasteiger charge is 2.14. The number of fused-ring (bicyclic) bond motifs is 1. The molecule has 1 aliphatic carbocycles. The highest BCUT2D eigenvalue weighted by Crippen LogP contribution is 2.19. The third-order valence-corrected chi connectivity index (χ3v) is 4.33. The normalized spacial score (nSPS) is 14.6. The van der Waals surface area contributed by atoms with Crippen LogP contribution in [0.1, 0.15) is 42.5 Å². The minimum absolute atomic E-state index is 0.172. The van der Waals surface area contributed by atoms with Gasteiger partial charge < -0.3 is 5.32 Å². The monoisotopic (exact) mass is 311 g/mol. The smallest absolute Gasteiger partial charge is 0.264 e. The van der Waals surface area contributed by atoms with E-state index in [2.05, 4.69) is 16.4 Å². The van der Waals surface area contributed by atoms with E-state index in [1.54, 1.807) is 25.4 Å². The second kappa shape index (κ2) is 6.77. The van der Waals surface area contributed by atoms with Crippen molar-refractivity contribution in [1.29, 1.82) is 0 Å². The van der Waals surface area contributed by atoms with Crippen molar-refractivity contribution in [3.63, 3.8) is 0 Å². The molecule has 0 aliphatic heterocycles. The number of nitrogens with one attached hydrogen (secondary N) is 1. The third-order valence-electron chi connectivity index (χ3n) is 4.33. The van der Waals surface area contributed by atoms with E-state index in [0.29, 0.717) is 12.2 Å². The molecule has 1 amide bonds. The van der Waals surface area contributed by atoms with E-state index in [-0.39, 0.29) is 17.0 Å². The number of carbonyl (C=O) groups excluding carboxylic acids is 1. The van der Waals surface area contributed by atoms with Gasteiger partial charge in [0.1, 0.15) is 11.2 Å². The van der Waals surface area contributed by atoms with Gasteiger partial charge in [0, 0.05) is 25.2 Å². The average Bonchev–Trinajstić information content (AvgIpc) is 2.59. The third kappa shape index (κ3) is 3.33. The maximum atomic E-state index is 12.3. The van der Waals surface area contributed by atoms with Crippen LogP contribution in [0, 0.1) is 0 Å². The lowest BCUT2D eigenvalue weighted by Crippen LogP contribution is -2.33. The number of aryl methyl sites for hydroxylation is 1. The molecule has 3 rings (SSSR count). The van der Waals surface area contributed by atoms with Crippen LogP contribution in [0.5, 0.6) is 0 Å². The van der Waals surface area contributed by atoms with E-state index in [1.807, 2.05) is 6.07 Å². The number of nitrogens with zero attached hydrogens (tertiary/aromatic N) is 2. The first kappa shape index (κ1) is 15.5. The largest absolute Gasteiger partial charge is 0.352 e. The first-order valence-corrected chi connectivity index (χ1v) is 8.07. The summed E-state index contributed by atoms with van der Waals surface area (Å²) in [5, 5.41) is 3.65. The fraction of sp³-hybridized carbons (Fsp3) is 0.389. The molecule has 0 radical (unpaired) electrons. The van der Waals surface area contributed by atoms with Gasteiger partial charge in [-0.15, -0.1) is 0 Å². The van der Waals surface area contributed by atoms with Crippen molar-refractivity contribution in [2.24, 2.45) is 7.05 Å². The topological polar surface area (TPSA) is 64.0 Å². The number of carbonyl (C=O) groups is 1. The summed E-state index contributed by atoms with van der Waals surface area (Å²) in [5.74, 6) is -0.312. The summed E-state index contributed by atoms with van der Waals surface area (Å²) < 4.78 is 1.42. The Balaban J connectivity index is 1.74. The molecule has 1 N–H and O–H groups in total. The summed E-state index contributed by atoms with van der Waals surface area (Å²) >= 11 is 0. The predicted octanol–water partition coefficient (Wildman–Crippen LogP) is 2.55. The van der Waals surface area contributed by atoms with Crippen LogP contribution in [0.3, 0.4) is 0 Å². The van der Waals surface area contributed by atoms with Gasteiger partial charge in [-0.3, -0.25) is 14.2 Å². The summed E-state index contributed by atoms with van der Waals surface area (Å²) in [5.41, 5.74) is 1.85. The van der Waals surface area contributed by atoms with Gasteiger partial charge in [-0.1, -0.05) is 11.6 Å². The van der Waals surface area contributed by atoms with Gasteiger partial charge in [0.05, 0.1) is 0 Å². The van der Waals surface area contributed by atoms with E-state index in [4.69, 9.17) is 0 Å². The first-order valence-electron chi connectivity index (χ1n) is 8.07. The Morgan fingerprint density at radius 3 is 3.04 bits per heavy atom. The molecule has 0 saturated carbocycles. The van der Waals surface area contributed by atoms with Crippen LogP contribution < -0.4 is 10.9 Å². The molecule has 2 aromatic heterocycles. The van der Waals surface area contributed by atoms with Gasteiger partial charge in [-0.25, -0.2) is 4.98 Å². The molecule has 2 aromatic rings. The van der Waals surface area contributed by atoms with E-state index in [0.717, 1.165) is 24.6 Å². The summed E-state index contributed by atoms with van der Waals surface area (Å²) in [6.45, 7) is 0.568. The van der Waals surface area contributed by atoms with Crippen LogP contribution in [0.2, 0.25) is 0 Å². The number of aromatic nitrogens is 2. The molecule has 0 fully saturated rings. The zero-order chi connectivity index (χ0) is 16.2. The number of hydrogen-bond donors (Lipinski definition) is 1. The summed E-state index contributed by atoms with van der Waals surface area (Å²) in [4.78, 5) is 28.9. The maximum absolute atomic E-state index is 12.3. The van der Waals surface area contributed by atoms with Crippen LogP contribution in [-0.4, -0.2) is 22.0 Å². The van der Waals surface area contributed by atoms with E-state index in [1.165, 1.54) is 23.0 Å². The van der Waals surface area contributed by atoms with Crippen LogP contribution in [-0.2, 0) is 7.05 Å². The summed E-state index contributed by atoms with van der Waals surface area (Å²) in [6.07, 6.45) is 9.53. The minimum atomic E-state index is -0.314. The molecular formula is C18H21N3O2. The molecule has 0 saturated heterocycles. The lowest BCUT2D eigenvalue weighted by Gasteiger charge is -2.13. The van der Waals surface area contributed by atoms with Crippen molar-refractivity contribution in [2.75, 3.05) is 6.54 Å². The van der Waals surface area contributed by atoms with Gasteiger partial charge >= 0.3 is 0 Å². The van der Waals surface area contributed by atoms with Gasteiger partial charge in [0.2, 0.25) is 0 Å². The molecule has 0 unspecified atom stereocenters. The maximum Gasteiger partial charge on any atom is 0.264 e. The number of amides is 1. The van der Waals surface area contributed by atoms with Gasteiger partial charge in [-0.2, -0.15) is 0 Å². The highest BCUT2D eigenvalue weighted by atomic mass is 16.2. The average molecular weight is 311 g/mol. The van der Waals surface area contributed by atoms with Crippen molar-refractivity contribution in [1.82, 2.24) is 14.9 Å². The Morgan fingerprint density at radius 2 is 2.26 bits per heavy atom. The Bertz CT molecular complexity index is 821. The standard InChI is InChI=1S/C18H21N3O2/c1-21-16-14(8-5-10-19-16)12-15(18(21)23)17(22)20-11-9-13-6-3-2-4-7-13/h5-6,8,10,12H,2-4,7,9,11H2,1H3,(H,20,22). The highest BCUT2D eigenvalue weighted by molar-refractivity contribution is 5.96. The van der Waals surface area contributed by atoms with Gasteiger partial charge in [-0.05, 0) is 50.3 Å². The molecule has 23 heavy (non-hydrogen) atoms. The quantitative estimate of drug-likeness (QED) is 0.883. The zero-order valence-electron chi connectivity index (χ0n) is 13.3. The molecule has 5 nitrogen and oxygen atoms in total. The van der Waals surface area contributed by atoms with Crippen LogP contribution >= 0.6 is 0 Å². The van der Waals surface area contributed by atoms with Crippen molar-refractivity contribution < 1.29 is 4.79 Å². The molecule has 0 aromatic carbocycles. The Morgan fingerprint density at radius 1 is 1.39 bits per heavy atom.